The summed E-state index contributed by atoms with van der Waals surface area (Å²) in [5.74, 6) is -5.71. The molecule has 238 valence electrons. The van der Waals surface area contributed by atoms with Gasteiger partial charge in [0.1, 0.15) is 24.2 Å². The maximum atomic E-state index is 14.6. The molecule has 1 saturated heterocycles. The summed E-state index contributed by atoms with van der Waals surface area (Å²) < 4.78 is 34.9. The summed E-state index contributed by atoms with van der Waals surface area (Å²) in [7, 11) is 0. The van der Waals surface area contributed by atoms with Gasteiger partial charge in [0, 0.05) is 31.2 Å². The Morgan fingerprint density at radius 3 is 2.55 bits per heavy atom. The van der Waals surface area contributed by atoms with E-state index in [9.17, 15) is 28.0 Å². The number of rotatable bonds is 1. The van der Waals surface area contributed by atoms with Crippen molar-refractivity contribution in [1.82, 2.24) is 26.1 Å². The SMILES string of the molecule is CC(C)[C@@H]1NC(=O)CCC(F)(F)CC/C=C/c2ccc3ccc(nc3c2)[C@@H](C)OC(=O)[C@@H]2CCCN(N2)C(=O)[C@H](C)NC1=O. The van der Waals surface area contributed by atoms with Gasteiger partial charge in [0.05, 0.1) is 11.2 Å². The molecule has 0 unspecified atom stereocenters. The van der Waals surface area contributed by atoms with Crippen LogP contribution in [-0.2, 0) is 23.9 Å². The number of ether oxygens (including phenoxy) is 1. The molecule has 0 aliphatic carbocycles. The van der Waals surface area contributed by atoms with Gasteiger partial charge < -0.3 is 15.4 Å². The molecule has 0 radical (unpaired) electrons. The molecule has 2 aliphatic heterocycles. The molecule has 3 amide bonds. The third-order valence-corrected chi connectivity index (χ3v) is 7.88. The van der Waals surface area contributed by atoms with Crippen molar-refractivity contribution >= 4 is 40.7 Å². The van der Waals surface area contributed by atoms with E-state index in [2.05, 4.69) is 21.0 Å². The summed E-state index contributed by atoms with van der Waals surface area (Å²) in [4.78, 5) is 56.6. The lowest BCUT2D eigenvalue weighted by Crippen LogP contribution is -2.61. The van der Waals surface area contributed by atoms with E-state index < -0.39 is 73.1 Å². The van der Waals surface area contributed by atoms with Crippen LogP contribution in [0.4, 0.5) is 8.78 Å². The third-order valence-electron chi connectivity index (χ3n) is 7.88. The van der Waals surface area contributed by atoms with E-state index in [1.807, 2.05) is 24.3 Å². The highest BCUT2D eigenvalue weighted by molar-refractivity contribution is 5.92. The zero-order chi connectivity index (χ0) is 32.0. The molecule has 2 aliphatic rings. The van der Waals surface area contributed by atoms with Gasteiger partial charge in [-0.3, -0.25) is 24.2 Å². The second kappa shape index (κ2) is 14.2. The molecule has 1 fully saturated rings. The quantitative estimate of drug-likeness (QED) is 0.411. The first-order valence-electron chi connectivity index (χ1n) is 15.2. The third kappa shape index (κ3) is 8.58. The lowest BCUT2D eigenvalue weighted by Gasteiger charge is -2.35. The van der Waals surface area contributed by atoms with Crippen molar-refractivity contribution in [3.05, 3.63) is 47.7 Å². The van der Waals surface area contributed by atoms with Crippen LogP contribution in [0.1, 0.15) is 83.6 Å². The number of hydrogen-bond donors (Lipinski definition) is 3. The number of fused-ring (bicyclic) bond motifs is 4. The van der Waals surface area contributed by atoms with E-state index in [1.165, 1.54) is 11.9 Å². The Hall–Kier alpha value is -3.93. The van der Waals surface area contributed by atoms with Gasteiger partial charge in [-0.1, -0.05) is 44.2 Å². The summed E-state index contributed by atoms with van der Waals surface area (Å²) in [6.07, 6.45) is 2.29. The minimum atomic E-state index is -3.07. The van der Waals surface area contributed by atoms with Crippen LogP contribution in [0.2, 0.25) is 0 Å². The van der Waals surface area contributed by atoms with Crippen LogP contribution in [0.3, 0.4) is 0 Å². The average Bonchev–Trinajstić information content (AvgIpc) is 2.99. The number of alkyl halides is 2. The number of allylic oxidation sites excluding steroid dienone is 1. The number of cyclic esters (lactones) is 1. The molecule has 0 saturated carbocycles. The number of benzene rings is 1. The lowest BCUT2D eigenvalue weighted by molar-refractivity contribution is -0.157. The van der Waals surface area contributed by atoms with Crippen molar-refractivity contribution in [3.63, 3.8) is 0 Å². The van der Waals surface area contributed by atoms with Gasteiger partial charge in [0.25, 0.3) is 5.91 Å². The molecular weight excluding hydrogens is 572 g/mol. The largest absolute Gasteiger partial charge is 0.455 e. The summed E-state index contributed by atoms with van der Waals surface area (Å²) in [5, 5.41) is 7.33. The smallest absolute Gasteiger partial charge is 0.325 e. The molecule has 12 heteroatoms. The number of nitrogens with zero attached hydrogens (tertiary/aromatic N) is 2. The Kier molecular flexibility index (Phi) is 10.7. The van der Waals surface area contributed by atoms with Crippen LogP contribution in [0.5, 0.6) is 0 Å². The van der Waals surface area contributed by atoms with Gasteiger partial charge in [0.15, 0.2) is 0 Å². The molecule has 5 bridgehead atoms. The van der Waals surface area contributed by atoms with Crippen molar-refractivity contribution < 1.29 is 32.7 Å². The predicted molar refractivity (Wildman–Crippen MR) is 161 cm³/mol. The highest BCUT2D eigenvalue weighted by Gasteiger charge is 2.34. The fourth-order valence-electron chi connectivity index (χ4n) is 5.23. The van der Waals surface area contributed by atoms with Crippen LogP contribution in [-0.4, -0.2) is 64.3 Å². The number of halogens is 2. The minimum Gasteiger partial charge on any atom is -0.455 e. The number of esters is 1. The molecule has 4 rings (SSSR count). The molecule has 1 aromatic heterocycles. The molecule has 2 aromatic rings. The molecule has 44 heavy (non-hydrogen) atoms. The number of carbonyl (C=O) groups is 4. The van der Waals surface area contributed by atoms with Crippen molar-refractivity contribution in [2.75, 3.05) is 6.54 Å². The Bertz CT molecular complexity index is 1410. The topological polar surface area (TPSA) is 130 Å². The van der Waals surface area contributed by atoms with Gasteiger partial charge in [-0.15, -0.1) is 0 Å². The normalized spacial score (nSPS) is 26.9. The monoisotopic (exact) mass is 613 g/mol. The minimum absolute atomic E-state index is 0.0995. The number of hydrogen-bond acceptors (Lipinski definition) is 7. The standard InChI is InChI=1S/C32H41F2N5O5/c1-19(2)28-29(41)35-20(3)30(42)39-17-7-9-25(38-39)31(43)44-21(4)24-13-12-23-11-10-22(18-26(23)36-24)8-5-6-15-32(33,34)16-14-27(40)37-28/h5,8,10-13,18-21,25,28,38H,6-7,9,14-17H2,1-4H3,(H,35,41)(H,37,40)/b8-5+/t20-,21+,25-,28-/m0/s1. The number of nitrogens with one attached hydrogen (secondary N) is 3. The summed E-state index contributed by atoms with van der Waals surface area (Å²) in [6.45, 7) is 6.96. The fraction of sp³-hybridized carbons (Fsp3) is 0.531. The van der Waals surface area contributed by atoms with Crippen LogP contribution in [0.15, 0.2) is 36.4 Å². The van der Waals surface area contributed by atoms with Crippen molar-refractivity contribution in [2.24, 2.45) is 5.92 Å². The van der Waals surface area contributed by atoms with E-state index in [0.29, 0.717) is 30.6 Å². The first kappa shape index (κ1) is 33.0. The first-order chi connectivity index (χ1) is 20.8. The Morgan fingerprint density at radius 2 is 1.80 bits per heavy atom. The summed E-state index contributed by atoms with van der Waals surface area (Å²) in [6, 6.07) is 6.45. The van der Waals surface area contributed by atoms with E-state index in [0.717, 1.165) is 10.9 Å². The second-order valence-corrected chi connectivity index (χ2v) is 11.9. The Morgan fingerprint density at radius 1 is 1.05 bits per heavy atom. The highest BCUT2D eigenvalue weighted by Crippen LogP contribution is 2.27. The van der Waals surface area contributed by atoms with Crippen LogP contribution in [0.25, 0.3) is 17.0 Å². The number of carbonyl (C=O) groups excluding carboxylic acids is 4. The number of hydrazine groups is 1. The number of amides is 3. The Labute approximate surface area is 255 Å². The zero-order valence-electron chi connectivity index (χ0n) is 25.6. The van der Waals surface area contributed by atoms with Crippen molar-refractivity contribution in [3.8, 4) is 0 Å². The fourth-order valence-corrected chi connectivity index (χ4v) is 5.23. The van der Waals surface area contributed by atoms with Gasteiger partial charge >= 0.3 is 5.97 Å². The molecule has 0 spiro atoms. The first-order valence-corrected chi connectivity index (χ1v) is 15.2. The highest BCUT2D eigenvalue weighted by atomic mass is 19.3. The summed E-state index contributed by atoms with van der Waals surface area (Å²) in [5.41, 5.74) is 4.91. The van der Waals surface area contributed by atoms with Gasteiger partial charge in [-0.05, 0) is 56.7 Å². The van der Waals surface area contributed by atoms with Gasteiger partial charge in [-0.25, -0.2) is 19.2 Å². The zero-order valence-corrected chi connectivity index (χ0v) is 25.6. The van der Waals surface area contributed by atoms with Gasteiger partial charge in [0.2, 0.25) is 17.7 Å². The van der Waals surface area contributed by atoms with Crippen LogP contribution >= 0.6 is 0 Å². The number of pyridine rings is 1. The van der Waals surface area contributed by atoms with E-state index in [-0.39, 0.29) is 12.3 Å². The average molecular weight is 614 g/mol. The molecule has 10 nitrogen and oxygen atoms in total. The maximum absolute atomic E-state index is 14.6. The Balaban J connectivity index is 1.58. The van der Waals surface area contributed by atoms with Gasteiger partial charge in [-0.2, -0.15) is 0 Å². The van der Waals surface area contributed by atoms with Crippen LogP contribution in [0, 0.1) is 5.92 Å². The predicted octanol–water partition coefficient (Wildman–Crippen LogP) is 4.20. The maximum Gasteiger partial charge on any atom is 0.325 e. The van der Waals surface area contributed by atoms with E-state index in [1.54, 1.807) is 39.0 Å². The molecule has 1 aromatic carbocycles. The molecular formula is C32H41F2N5O5. The van der Waals surface area contributed by atoms with Crippen molar-refractivity contribution in [1.29, 1.82) is 0 Å². The number of aromatic nitrogens is 1. The molecule has 3 N–H and O–H groups in total. The summed E-state index contributed by atoms with van der Waals surface area (Å²) >= 11 is 0. The molecule has 4 atom stereocenters. The van der Waals surface area contributed by atoms with E-state index >= 15 is 0 Å². The van der Waals surface area contributed by atoms with Crippen molar-refractivity contribution in [2.45, 2.75) is 96.4 Å². The second-order valence-electron chi connectivity index (χ2n) is 11.9. The lowest BCUT2D eigenvalue weighted by atomic mass is 10.0. The van der Waals surface area contributed by atoms with Crippen LogP contribution < -0.4 is 16.1 Å². The molecule has 3 heterocycles. The van der Waals surface area contributed by atoms with E-state index in [4.69, 9.17) is 4.74 Å².